The van der Waals surface area contributed by atoms with Crippen molar-refractivity contribution in [3.8, 4) is 0 Å². The highest BCUT2D eigenvalue weighted by Gasteiger charge is 2.37. The first kappa shape index (κ1) is 14.3. The number of benzene rings is 1. The van der Waals surface area contributed by atoms with Gasteiger partial charge in [-0.3, -0.25) is 4.79 Å². The lowest BCUT2D eigenvalue weighted by Gasteiger charge is -2.14. The largest absolute Gasteiger partial charge is 0.370 e. The van der Waals surface area contributed by atoms with Gasteiger partial charge in [-0.15, -0.1) is 0 Å². The van der Waals surface area contributed by atoms with Crippen molar-refractivity contribution in [2.75, 3.05) is 4.90 Å². The van der Waals surface area contributed by atoms with Crippen LogP contribution >= 0.6 is 0 Å². The average Bonchev–Trinajstić information content (AvgIpc) is 2.63. The number of nitrogens with two attached hydrogens (primary N) is 3. The number of guanidine groups is 2. The van der Waals surface area contributed by atoms with Crippen molar-refractivity contribution in [3.05, 3.63) is 24.3 Å². The zero-order valence-corrected chi connectivity index (χ0v) is 11.3. The summed E-state index contributed by atoms with van der Waals surface area (Å²) in [5, 5.41) is 2.52. The van der Waals surface area contributed by atoms with Gasteiger partial charge >= 0.3 is 6.03 Å². The molecule has 1 aliphatic heterocycles. The molecule has 1 aromatic carbocycles. The highest BCUT2D eigenvalue weighted by Crippen LogP contribution is 2.30. The number of rotatable bonds is 2. The Morgan fingerprint density at radius 3 is 2.48 bits per heavy atom. The van der Waals surface area contributed by atoms with E-state index in [4.69, 9.17) is 17.2 Å². The van der Waals surface area contributed by atoms with Crippen molar-refractivity contribution in [3.63, 3.8) is 0 Å². The number of nitrogens with zero attached hydrogens (tertiary/aromatic N) is 3. The van der Waals surface area contributed by atoms with Gasteiger partial charge in [0, 0.05) is 0 Å². The van der Waals surface area contributed by atoms with Gasteiger partial charge in [0.15, 0.2) is 5.96 Å². The molecule has 7 N–H and O–H groups in total. The Bertz CT molecular complexity index is 649. The third-order valence-corrected chi connectivity index (χ3v) is 2.74. The molecule has 9 nitrogen and oxygen atoms in total. The molecule has 0 saturated carbocycles. The topological polar surface area (TPSA) is 152 Å². The van der Waals surface area contributed by atoms with Crippen molar-refractivity contribution < 1.29 is 9.59 Å². The number of nitrogens with one attached hydrogen (secondary N) is 1. The summed E-state index contributed by atoms with van der Waals surface area (Å²) >= 11 is 0. The van der Waals surface area contributed by atoms with Crippen LogP contribution in [0.25, 0.3) is 0 Å². The van der Waals surface area contributed by atoms with Crippen LogP contribution in [0, 0.1) is 0 Å². The minimum absolute atomic E-state index is 0.178. The monoisotopic (exact) mass is 289 g/mol. The molecule has 21 heavy (non-hydrogen) atoms. The quantitative estimate of drug-likeness (QED) is 0.324. The molecule has 0 spiro atoms. The first-order valence-electron chi connectivity index (χ1n) is 6.07. The highest BCUT2D eigenvalue weighted by molar-refractivity contribution is 6.22. The van der Waals surface area contributed by atoms with E-state index in [9.17, 15) is 9.59 Å². The lowest BCUT2D eigenvalue weighted by atomic mass is 10.2. The molecule has 1 aliphatic rings. The highest BCUT2D eigenvalue weighted by atomic mass is 16.2. The van der Waals surface area contributed by atoms with E-state index in [2.05, 4.69) is 15.3 Å². The van der Waals surface area contributed by atoms with Crippen molar-refractivity contribution in [2.24, 2.45) is 27.2 Å². The molecule has 1 aromatic rings. The molecule has 1 atom stereocenters. The number of imide groups is 1. The van der Waals surface area contributed by atoms with Crippen LogP contribution in [0.1, 0.15) is 6.92 Å². The van der Waals surface area contributed by atoms with Crippen LogP contribution in [0.3, 0.4) is 0 Å². The van der Waals surface area contributed by atoms with Crippen LogP contribution in [0.2, 0.25) is 0 Å². The summed E-state index contributed by atoms with van der Waals surface area (Å²) in [5.41, 5.74) is 16.6. The van der Waals surface area contributed by atoms with Gasteiger partial charge in [0.05, 0.1) is 11.4 Å². The van der Waals surface area contributed by atoms with Crippen LogP contribution in [0.5, 0.6) is 0 Å². The van der Waals surface area contributed by atoms with Gasteiger partial charge in [-0.1, -0.05) is 12.1 Å². The Labute approximate surface area is 120 Å². The molecule has 0 aliphatic carbocycles. The minimum atomic E-state index is -0.593. The fourth-order valence-electron chi connectivity index (χ4n) is 1.86. The number of carbonyl (C=O) groups is 2. The van der Waals surface area contributed by atoms with Gasteiger partial charge in [0.2, 0.25) is 5.96 Å². The second kappa shape index (κ2) is 5.49. The summed E-state index contributed by atoms with van der Waals surface area (Å²) in [5.74, 6) is -0.789. The maximum Gasteiger partial charge on any atom is 0.329 e. The van der Waals surface area contributed by atoms with Gasteiger partial charge in [0.25, 0.3) is 5.91 Å². The summed E-state index contributed by atoms with van der Waals surface area (Å²) in [6, 6.07) is 5.42. The molecule has 1 unspecified atom stereocenters. The number of para-hydroxylation sites is 2. The van der Waals surface area contributed by atoms with Crippen LogP contribution in [-0.2, 0) is 4.79 Å². The SMILES string of the molecule is CC1NC(=O)N(c2ccccc2N=C(N)N=C(N)N)C1=O. The zero-order valence-electron chi connectivity index (χ0n) is 11.3. The Balaban J connectivity index is 2.45. The molecule has 0 aromatic heterocycles. The molecule has 1 fully saturated rings. The van der Waals surface area contributed by atoms with Crippen molar-refractivity contribution in [2.45, 2.75) is 13.0 Å². The molecular formula is C12H15N7O2. The summed E-state index contributed by atoms with van der Waals surface area (Å²) in [4.78, 5) is 32.5. The van der Waals surface area contributed by atoms with Gasteiger partial charge in [-0.2, -0.15) is 4.99 Å². The third kappa shape index (κ3) is 2.91. The molecule has 2 rings (SSSR count). The summed E-state index contributed by atoms with van der Waals surface area (Å²) in [7, 11) is 0. The minimum Gasteiger partial charge on any atom is -0.370 e. The van der Waals surface area contributed by atoms with Crippen LogP contribution in [0.15, 0.2) is 34.3 Å². The number of amides is 3. The van der Waals surface area contributed by atoms with Crippen LogP contribution < -0.4 is 27.4 Å². The zero-order chi connectivity index (χ0) is 15.6. The van der Waals surface area contributed by atoms with Crippen LogP contribution in [0.4, 0.5) is 16.2 Å². The molecular weight excluding hydrogens is 274 g/mol. The fourth-order valence-corrected chi connectivity index (χ4v) is 1.86. The van der Waals surface area contributed by atoms with Gasteiger partial charge < -0.3 is 22.5 Å². The number of hydrogen-bond donors (Lipinski definition) is 4. The maximum absolute atomic E-state index is 12.0. The Hall–Kier alpha value is -3.10. The number of carbonyl (C=O) groups excluding carboxylic acids is 2. The molecule has 1 saturated heterocycles. The van der Waals surface area contributed by atoms with Gasteiger partial charge in [0.1, 0.15) is 6.04 Å². The number of aliphatic imine (C=N–C) groups is 2. The Kier molecular flexibility index (Phi) is 3.74. The third-order valence-electron chi connectivity index (χ3n) is 2.74. The molecule has 9 heteroatoms. The summed E-state index contributed by atoms with van der Waals surface area (Å²) in [6.07, 6.45) is 0. The standard InChI is InChI=1S/C12H15N7O2/c1-6-9(20)19(12(21)16-6)8-5-3-2-4-7(8)17-11(15)18-10(13)14/h2-6H,1H3,(H,16,21)(H6,13,14,15,17,18). The second-order valence-corrected chi connectivity index (χ2v) is 4.34. The van der Waals surface area contributed by atoms with E-state index in [1.807, 2.05) is 0 Å². The van der Waals surface area contributed by atoms with E-state index < -0.39 is 12.1 Å². The predicted octanol–water partition coefficient (Wildman–Crippen LogP) is -0.649. The molecule has 3 amide bonds. The van der Waals surface area contributed by atoms with E-state index in [1.165, 1.54) is 0 Å². The lowest BCUT2D eigenvalue weighted by Crippen LogP contribution is -2.31. The van der Waals surface area contributed by atoms with E-state index >= 15 is 0 Å². The van der Waals surface area contributed by atoms with E-state index in [0.717, 1.165) is 4.90 Å². The fraction of sp³-hybridized carbons (Fsp3) is 0.167. The second-order valence-electron chi connectivity index (χ2n) is 4.34. The normalized spacial score (nSPS) is 18.6. The predicted molar refractivity (Wildman–Crippen MR) is 79.0 cm³/mol. The molecule has 110 valence electrons. The van der Waals surface area contributed by atoms with Crippen molar-refractivity contribution >= 4 is 35.2 Å². The molecule has 1 heterocycles. The average molecular weight is 289 g/mol. The van der Waals surface area contributed by atoms with Crippen molar-refractivity contribution in [1.29, 1.82) is 0 Å². The molecule has 0 bridgehead atoms. The van der Waals surface area contributed by atoms with E-state index in [-0.39, 0.29) is 17.8 Å². The number of anilines is 1. The number of hydrogen-bond acceptors (Lipinski definition) is 3. The Morgan fingerprint density at radius 2 is 1.90 bits per heavy atom. The molecule has 0 radical (unpaired) electrons. The van der Waals surface area contributed by atoms with Crippen molar-refractivity contribution in [1.82, 2.24) is 5.32 Å². The smallest absolute Gasteiger partial charge is 0.329 e. The lowest BCUT2D eigenvalue weighted by molar-refractivity contribution is -0.117. The van der Waals surface area contributed by atoms with Crippen LogP contribution in [-0.4, -0.2) is 29.9 Å². The van der Waals surface area contributed by atoms with E-state index in [0.29, 0.717) is 11.4 Å². The first-order chi connectivity index (χ1) is 9.90. The Morgan fingerprint density at radius 1 is 1.24 bits per heavy atom. The summed E-state index contributed by atoms with van der Waals surface area (Å²) in [6.45, 7) is 1.60. The summed E-state index contributed by atoms with van der Waals surface area (Å²) < 4.78 is 0. The van der Waals surface area contributed by atoms with Gasteiger partial charge in [-0.25, -0.2) is 14.7 Å². The number of urea groups is 1. The van der Waals surface area contributed by atoms with Gasteiger partial charge in [-0.05, 0) is 19.1 Å². The van der Waals surface area contributed by atoms with E-state index in [1.54, 1.807) is 31.2 Å². The maximum atomic E-state index is 12.0. The first-order valence-corrected chi connectivity index (χ1v) is 6.07.